The monoisotopic (exact) mass is 308 g/mol. The minimum absolute atomic E-state index is 0.170. The maximum absolute atomic E-state index is 14.0. The lowest BCUT2D eigenvalue weighted by atomic mass is 10.00. The molecule has 4 heteroatoms. The Morgan fingerprint density at radius 2 is 2.22 bits per heavy atom. The van der Waals surface area contributed by atoms with Crippen molar-refractivity contribution in [3.05, 3.63) is 64.1 Å². The predicted molar refractivity (Wildman–Crippen MR) is 73.9 cm³/mol. The number of benzene rings is 1. The van der Waals surface area contributed by atoms with Crippen molar-refractivity contribution in [2.75, 3.05) is 6.54 Å². The molecule has 1 aromatic carbocycles. The van der Waals surface area contributed by atoms with Crippen molar-refractivity contribution in [3.63, 3.8) is 0 Å². The highest BCUT2D eigenvalue weighted by Crippen LogP contribution is 2.25. The van der Waals surface area contributed by atoms with E-state index in [2.05, 4.69) is 26.2 Å². The van der Waals surface area contributed by atoms with Crippen molar-refractivity contribution < 1.29 is 4.39 Å². The third-order valence-corrected chi connectivity index (χ3v) is 3.19. The van der Waals surface area contributed by atoms with E-state index in [0.717, 1.165) is 16.6 Å². The molecule has 2 rings (SSSR count). The van der Waals surface area contributed by atoms with Crippen molar-refractivity contribution in [1.82, 2.24) is 10.3 Å². The Bertz CT molecular complexity index is 516. The van der Waals surface area contributed by atoms with Gasteiger partial charge >= 0.3 is 0 Å². The summed E-state index contributed by atoms with van der Waals surface area (Å²) in [5, 5.41) is 3.28. The van der Waals surface area contributed by atoms with Gasteiger partial charge in [0.2, 0.25) is 0 Å². The van der Waals surface area contributed by atoms with Crippen LogP contribution >= 0.6 is 15.9 Å². The normalized spacial score (nSPS) is 12.4. The molecule has 0 saturated carbocycles. The first-order valence-corrected chi connectivity index (χ1v) is 6.60. The van der Waals surface area contributed by atoms with E-state index >= 15 is 0 Å². The van der Waals surface area contributed by atoms with E-state index in [1.165, 1.54) is 6.07 Å². The fourth-order valence-corrected chi connectivity index (χ4v) is 2.23. The van der Waals surface area contributed by atoms with Gasteiger partial charge in [-0.05, 0) is 30.3 Å². The van der Waals surface area contributed by atoms with Crippen molar-refractivity contribution in [1.29, 1.82) is 0 Å². The molecule has 0 spiro atoms. The molecule has 0 aliphatic heterocycles. The molecule has 1 N–H and O–H groups in total. The average Bonchev–Trinajstić information content (AvgIpc) is 2.38. The summed E-state index contributed by atoms with van der Waals surface area (Å²) in [5.41, 5.74) is 1.59. The summed E-state index contributed by atoms with van der Waals surface area (Å²) in [6, 6.07) is 8.75. The highest BCUT2D eigenvalue weighted by atomic mass is 79.9. The van der Waals surface area contributed by atoms with Gasteiger partial charge in [-0.25, -0.2) is 4.39 Å². The average molecular weight is 309 g/mol. The smallest absolute Gasteiger partial charge is 0.129 e. The second kappa shape index (κ2) is 6.07. The molecule has 0 fully saturated rings. The maximum atomic E-state index is 14.0. The Kier molecular flexibility index (Phi) is 4.44. The SMILES string of the molecule is CCNC(c1cccnc1)c1ccc(Br)cc1F. The van der Waals surface area contributed by atoms with Crippen LogP contribution < -0.4 is 5.32 Å². The van der Waals surface area contributed by atoms with Gasteiger partial charge in [0.25, 0.3) is 0 Å². The summed E-state index contributed by atoms with van der Waals surface area (Å²) < 4.78 is 14.8. The number of nitrogens with zero attached hydrogens (tertiary/aromatic N) is 1. The molecule has 0 amide bonds. The van der Waals surface area contributed by atoms with Crippen LogP contribution in [0.5, 0.6) is 0 Å². The molecule has 1 aromatic heterocycles. The van der Waals surface area contributed by atoms with E-state index in [1.54, 1.807) is 18.5 Å². The third-order valence-electron chi connectivity index (χ3n) is 2.70. The van der Waals surface area contributed by atoms with Gasteiger partial charge in [0.05, 0.1) is 6.04 Å². The van der Waals surface area contributed by atoms with Crippen LogP contribution in [0.1, 0.15) is 24.1 Å². The van der Waals surface area contributed by atoms with Gasteiger partial charge in [0, 0.05) is 22.4 Å². The largest absolute Gasteiger partial charge is 0.306 e. The van der Waals surface area contributed by atoms with Gasteiger partial charge in [0.15, 0.2) is 0 Å². The van der Waals surface area contributed by atoms with Crippen molar-refractivity contribution in [3.8, 4) is 0 Å². The lowest BCUT2D eigenvalue weighted by Crippen LogP contribution is -2.23. The van der Waals surface area contributed by atoms with Crippen molar-refractivity contribution in [2.45, 2.75) is 13.0 Å². The van der Waals surface area contributed by atoms with Crippen LogP contribution in [0.15, 0.2) is 47.2 Å². The Labute approximate surface area is 114 Å². The lowest BCUT2D eigenvalue weighted by molar-refractivity contribution is 0.557. The third kappa shape index (κ3) is 2.94. The van der Waals surface area contributed by atoms with Gasteiger partial charge < -0.3 is 5.32 Å². The van der Waals surface area contributed by atoms with Crippen molar-refractivity contribution >= 4 is 15.9 Å². The number of nitrogens with one attached hydrogen (secondary N) is 1. The summed E-state index contributed by atoms with van der Waals surface area (Å²) in [7, 11) is 0. The van der Waals surface area contributed by atoms with E-state index in [0.29, 0.717) is 5.56 Å². The number of hydrogen-bond acceptors (Lipinski definition) is 2. The van der Waals surface area contributed by atoms with Crippen LogP contribution in [0.2, 0.25) is 0 Å². The van der Waals surface area contributed by atoms with Crippen molar-refractivity contribution in [2.24, 2.45) is 0 Å². The maximum Gasteiger partial charge on any atom is 0.129 e. The van der Waals surface area contributed by atoms with Gasteiger partial charge in [-0.1, -0.05) is 35.0 Å². The fraction of sp³-hybridized carbons (Fsp3) is 0.214. The number of hydrogen-bond donors (Lipinski definition) is 1. The zero-order chi connectivity index (χ0) is 13.0. The molecule has 0 aliphatic carbocycles. The van der Waals surface area contributed by atoms with Crippen LogP contribution in [0.4, 0.5) is 4.39 Å². The van der Waals surface area contributed by atoms with Crippen LogP contribution in [-0.2, 0) is 0 Å². The molecule has 1 heterocycles. The number of rotatable bonds is 4. The predicted octanol–water partition coefficient (Wildman–Crippen LogP) is 3.68. The topological polar surface area (TPSA) is 24.9 Å². The molecule has 0 aliphatic rings. The van der Waals surface area contributed by atoms with E-state index in [4.69, 9.17) is 0 Å². The summed E-state index contributed by atoms with van der Waals surface area (Å²) in [6.45, 7) is 2.76. The summed E-state index contributed by atoms with van der Waals surface area (Å²) in [4.78, 5) is 4.09. The molecule has 94 valence electrons. The van der Waals surface area contributed by atoms with Crippen LogP contribution in [0, 0.1) is 5.82 Å². The second-order valence-electron chi connectivity index (χ2n) is 3.94. The molecular weight excluding hydrogens is 295 g/mol. The van der Waals surface area contributed by atoms with Crippen LogP contribution in [0.3, 0.4) is 0 Å². The summed E-state index contributed by atoms with van der Waals surface area (Å²) >= 11 is 3.27. The number of halogens is 2. The van der Waals surface area contributed by atoms with Crippen LogP contribution in [0.25, 0.3) is 0 Å². The van der Waals surface area contributed by atoms with E-state index in [1.807, 2.05) is 25.1 Å². The first-order chi connectivity index (χ1) is 8.72. The lowest BCUT2D eigenvalue weighted by Gasteiger charge is -2.19. The second-order valence-corrected chi connectivity index (χ2v) is 4.86. The number of aromatic nitrogens is 1. The number of pyridine rings is 1. The standard InChI is InChI=1S/C14H14BrFN2/c1-2-18-14(10-4-3-7-17-9-10)12-6-5-11(15)8-13(12)16/h3-9,14,18H,2H2,1H3. The minimum atomic E-state index is -0.223. The zero-order valence-electron chi connectivity index (χ0n) is 10.0. The molecule has 2 nitrogen and oxygen atoms in total. The summed E-state index contributed by atoms with van der Waals surface area (Å²) in [5.74, 6) is -0.223. The Morgan fingerprint density at radius 3 is 2.83 bits per heavy atom. The zero-order valence-corrected chi connectivity index (χ0v) is 11.6. The van der Waals surface area contributed by atoms with E-state index in [9.17, 15) is 4.39 Å². The fourth-order valence-electron chi connectivity index (χ4n) is 1.89. The first kappa shape index (κ1) is 13.2. The first-order valence-electron chi connectivity index (χ1n) is 5.80. The van der Waals surface area contributed by atoms with Gasteiger partial charge in [0.1, 0.15) is 5.82 Å². The molecule has 0 bridgehead atoms. The quantitative estimate of drug-likeness (QED) is 0.932. The molecule has 18 heavy (non-hydrogen) atoms. The Hall–Kier alpha value is -1.26. The Morgan fingerprint density at radius 1 is 1.39 bits per heavy atom. The van der Waals surface area contributed by atoms with E-state index < -0.39 is 0 Å². The highest BCUT2D eigenvalue weighted by Gasteiger charge is 2.17. The van der Waals surface area contributed by atoms with E-state index in [-0.39, 0.29) is 11.9 Å². The molecule has 0 radical (unpaired) electrons. The molecule has 1 unspecified atom stereocenters. The van der Waals surface area contributed by atoms with Gasteiger partial charge in [-0.2, -0.15) is 0 Å². The molecule has 2 aromatic rings. The molecule has 1 atom stereocenters. The van der Waals surface area contributed by atoms with Gasteiger partial charge in [-0.3, -0.25) is 4.98 Å². The Balaban J connectivity index is 2.41. The summed E-state index contributed by atoms with van der Waals surface area (Å²) in [6.07, 6.45) is 3.47. The molecule has 0 saturated heterocycles. The molecular formula is C14H14BrFN2. The van der Waals surface area contributed by atoms with Gasteiger partial charge in [-0.15, -0.1) is 0 Å². The highest BCUT2D eigenvalue weighted by molar-refractivity contribution is 9.10. The minimum Gasteiger partial charge on any atom is -0.306 e. The van der Waals surface area contributed by atoms with Crippen LogP contribution in [-0.4, -0.2) is 11.5 Å².